The number of piperidine rings is 1. The van der Waals surface area contributed by atoms with E-state index in [0.717, 1.165) is 26.1 Å². The molecule has 2 aliphatic rings. The molecule has 1 atom stereocenters. The van der Waals surface area contributed by atoms with Gasteiger partial charge in [-0.2, -0.15) is 0 Å². The molecule has 0 aromatic heterocycles. The van der Waals surface area contributed by atoms with Crippen molar-refractivity contribution in [2.45, 2.75) is 37.5 Å². The molecule has 2 aliphatic heterocycles. The summed E-state index contributed by atoms with van der Waals surface area (Å²) in [5.41, 5.74) is 0. The highest BCUT2D eigenvalue weighted by atomic mass is 32.2. The number of amides is 1. The first kappa shape index (κ1) is 14.2. The molecule has 1 N–H and O–H groups in total. The molecule has 0 spiro atoms. The number of hydrogen-bond acceptors (Lipinski definition) is 4. The van der Waals surface area contributed by atoms with Crippen LogP contribution in [0.1, 0.15) is 26.2 Å². The fourth-order valence-electron chi connectivity index (χ4n) is 2.56. The summed E-state index contributed by atoms with van der Waals surface area (Å²) in [5.74, 6) is 0.940. The minimum Gasteiger partial charge on any atom is -0.377 e. The van der Waals surface area contributed by atoms with Gasteiger partial charge in [-0.3, -0.25) is 4.79 Å². The summed E-state index contributed by atoms with van der Waals surface area (Å²) in [5, 5.41) is 4.02. The van der Waals surface area contributed by atoms with Gasteiger partial charge in [0.05, 0.1) is 25.0 Å². The maximum Gasteiger partial charge on any atom is 0.232 e. The number of carbonyl (C=O) groups excluding carboxylic acids is 1. The van der Waals surface area contributed by atoms with Crippen molar-refractivity contribution in [3.05, 3.63) is 0 Å². The van der Waals surface area contributed by atoms with Gasteiger partial charge in [-0.15, -0.1) is 11.8 Å². The lowest BCUT2D eigenvalue weighted by Crippen LogP contribution is -2.49. The van der Waals surface area contributed by atoms with Crippen LogP contribution >= 0.6 is 11.8 Å². The molecule has 0 aliphatic carbocycles. The van der Waals surface area contributed by atoms with Crippen molar-refractivity contribution in [3.63, 3.8) is 0 Å². The quantitative estimate of drug-likeness (QED) is 0.832. The molecule has 0 radical (unpaired) electrons. The van der Waals surface area contributed by atoms with Crippen molar-refractivity contribution in [1.29, 1.82) is 0 Å². The molecule has 2 heterocycles. The minimum absolute atomic E-state index is 0.292. The third kappa shape index (κ3) is 3.87. The standard InChI is InChI=1S/C13H24N2O2S/c1-2-11-9-17-8-7-15(11)13(16)10-18-12-3-5-14-6-4-12/h11-12,14H,2-10H2,1H3. The number of morpholine rings is 1. The Morgan fingerprint density at radius 1 is 1.44 bits per heavy atom. The smallest absolute Gasteiger partial charge is 0.232 e. The molecule has 2 rings (SSSR count). The molecule has 104 valence electrons. The average Bonchev–Trinajstić information content (AvgIpc) is 2.45. The average molecular weight is 272 g/mol. The van der Waals surface area contributed by atoms with Crippen LogP contribution in [0.5, 0.6) is 0 Å². The fraction of sp³-hybridized carbons (Fsp3) is 0.923. The SMILES string of the molecule is CCC1COCCN1C(=O)CSC1CCNCC1. The van der Waals surface area contributed by atoms with Crippen LogP contribution in [0, 0.1) is 0 Å². The van der Waals surface area contributed by atoms with Crippen molar-refractivity contribution < 1.29 is 9.53 Å². The summed E-state index contributed by atoms with van der Waals surface area (Å²) in [7, 11) is 0. The van der Waals surface area contributed by atoms with E-state index in [1.165, 1.54) is 12.8 Å². The van der Waals surface area contributed by atoms with E-state index < -0.39 is 0 Å². The third-order valence-corrected chi connectivity index (χ3v) is 5.10. The first-order valence-corrected chi connectivity index (χ1v) is 8.05. The zero-order valence-electron chi connectivity index (χ0n) is 11.2. The van der Waals surface area contributed by atoms with Crippen LogP contribution in [0.4, 0.5) is 0 Å². The highest BCUT2D eigenvalue weighted by Crippen LogP contribution is 2.21. The van der Waals surface area contributed by atoms with E-state index in [1.807, 2.05) is 16.7 Å². The Hall–Kier alpha value is -0.260. The van der Waals surface area contributed by atoms with Crippen LogP contribution in [0.25, 0.3) is 0 Å². The third-order valence-electron chi connectivity index (χ3n) is 3.75. The molecule has 0 aromatic carbocycles. The second kappa shape index (κ2) is 7.36. The number of hydrogen-bond donors (Lipinski definition) is 1. The van der Waals surface area contributed by atoms with Gasteiger partial charge in [0.1, 0.15) is 0 Å². The van der Waals surface area contributed by atoms with Gasteiger partial charge >= 0.3 is 0 Å². The van der Waals surface area contributed by atoms with E-state index in [2.05, 4.69) is 12.2 Å². The van der Waals surface area contributed by atoms with Crippen molar-refractivity contribution in [3.8, 4) is 0 Å². The van der Waals surface area contributed by atoms with Crippen LogP contribution in [-0.4, -0.2) is 60.7 Å². The van der Waals surface area contributed by atoms with Gasteiger partial charge in [0.25, 0.3) is 0 Å². The van der Waals surface area contributed by atoms with Gasteiger partial charge in [0.2, 0.25) is 5.91 Å². The molecule has 1 unspecified atom stereocenters. The zero-order valence-corrected chi connectivity index (χ0v) is 12.0. The monoisotopic (exact) mass is 272 g/mol. The highest BCUT2D eigenvalue weighted by molar-refractivity contribution is 8.00. The first-order valence-electron chi connectivity index (χ1n) is 7.00. The summed E-state index contributed by atoms with van der Waals surface area (Å²) in [4.78, 5) is 14.3. The normalized spacial score (nSPS) is 26.3. The van der Waals surface area contributed by atoms with Crippen molar-refractivity contribution >= 4 is 17.7 Å². The Morgan fingerprint density at radius 2 is 2.22 bits per heavy atom. The molecular formula is C13H24N2O2S. The molecule has 2 saturated heterocycles. The van der Waals surface area contributed by atoms with Gasteiger partial charge in [-0.1, -0.05) is 6.92 Å². The Kier molecular flexibility index (Phi) is 5.79. The fourth-order valence-corrected chi connectivity index (χ4v) is 3.67. The van der Waals surface area contributed by atoms with Crippen LogP contribution in [0.15, 0.2) is 0 Å². The molecule has 1 amide bonds. The van der Waals surface area contributed by atoms with E-state index in [4.69, 9.17) is 4.74 Å². The lowest BCUT2D eigenvalue weighted by atomic mass is 10.2. The molecule has 4 nitrogen and oxygen atoms in total. The first-order chi connectivity index (χ1) is 8.81. The van der Waals surface area contributed by atoms with Gasteiger partial charge in [-0.25, -0.2) is 0 Å². The van der Waals surface area contributed by atoms with Crippen LogP contribution in [0.3, 0.4) is 0 Å². The molecular weight excluding hydrogens is 248 g/mol. The van der Waals surface area contributed by atoms with Gasteiger partial charge in [-0.05, 0) is 32.4 Å². The van der Waals surface area contributed by atoms with Crippen LogP contribution < -0.4 is 5.32 Å². The maximum absolute atomic E-state index is 12.2. The highest BCUT2D eigenvalue weighted by Gasteiger charge is 2.26. The Balaban J connectivity index is 1.75. The van der Waals surface area contributed by atoms with Crippen molar-refractivity contribution in [2.24, 2.45) is 0 Å². The predicted octanol–water partition coefficient (Wildman–Crippen LogP) is 1.11. The number of nitrogens with one attached hydrogen (secondary N) is 1. The topological polar surface area (TPSA) is 41.6 Å². The number of ether oxygens (including phenoxy) is 1. The second-order valence-electron chi connectivity index (χ2n) is 4.98. The lowest BCUT2D eigenvalue weighted by molar-refractivity contribution is -0.137. The predicted molar refractivity (Wildman–Crippen MR) is 75.0 cm³/mol. The Labute approximate surface area is 114 Å². The molecule has 0 bridgehead atoms. The number of carbonyl (C=O) groups is 1. The summed E-state index contributed by atoms with van der Waals surface area (Å²) in [6, 6.07) is 0.292. The van der Waals surface area contributed by atoms with Crippen molar-refractivity contribution in [2.75, 3.05) is 38.6 Å². The Morgan fingerprint density at radius 3 is 2.94 bits per heavy atom. The number of thioether (sulfide) groups is 1. The Bertz CT molecular complexity index is 270. The summed E-state index contributed by atoms with van der Waals surface area (Å²) < 4.78 is 5.44. The zero-order chi connectivity index (χ0) is 12.8. The lowest BCUT2D eigenvalue weighted by Gasteiger charge is -2.35. The summed E-state index contributed by atoms with van der Waals surface area (Å²) in [6.07, 6.45) is 3.38. The van der Waals surface area contributed by atoms with Crippen LogP contribution in [-0.2, 0) is 9.53 Å². The van der Waals surface area contributed by atoms with E-state index in [0.29, 0.717) is 36.2 Å². The molecule has 2 fully saturated rings. The van der Waals surface area contributed by atoms with Gasteiger partial charge in [0, 0.05) is 11.8 Å². The molecule has 0 aromatic rings. The minimum atomic E-state index is 0.292. The van der Waals surface area contributed by atoms with E-state index in [-0.39, 0.29) is 0 Å². The second-order valence-corrected chi connectivity index (χ2v) is 6.27. The largest absolute Gasteiger partial charge is 0.377 e. The van der Waals surface area contributed by atoms with E-state index >= 15 is 0 Å². The summed E-state index contributed by atoms with van der Waals surface area (Å²) in [6.45, 7) is 6.49. The van der Waals surface area contributed by atoms with Gasteiger partial charge in [0.15, 0.2) is 0 Å². The maximum atomic E-state index is 12.2. The summed E-state index contributed by atoms with van der Waals surface area (Å²) >= 11 is 1.84. The van der Waals surface area contributed by atoms with Crippen LogP contribution in [0.2, 0.25) is 0 Å². The van der Waals surface area contributed by atoms with E-state index in [1.54, 1.807) is 0 Å². The number of rotatable bonds is 4. The number of nitrogens with zero attached hydrogens (tertiary/aromatic N) is 1. The molecule has 18 heavy (non-hydrogen) atoms. The van der Waals surface area contributed by atoms with Gasteiger partial charge < -0.3 is 15.0 Å². The van der Waals surface area contributed by atoms with E-state index in [9.17, 15) is 4.79 Å². The van der Waals surface area contributed by atoms with Crippen molar-refractivity contribution in [1.82, 2.24) is 10.2 Å². The molecule has 5 heteroatoms. The molecule has 0 saturated carbocycles.